The molecule has 0 unspecified atom stereocenters. The molecule has 0 spiro atoms. The Bertz CT molecular complexity index is 3400. The number of amides is 4. The minimum Gasteiger partial charge on any atom is -0.493 e. The maximum absolute atomic E-state index is 15.5. The van der Waals surface area contributed by atoms with Crippen molar-refractivity contribution in [2.24, 2.45) is 4.99 Å². The number of carbonyl (C=O) groups excluding carboxylic acids is 3. The Balaban J connectivity index is 0.781. The molecule has 20 heteroatoms. The highest BCUT2D eigenvalue weighted by Gasteiger charge is 2.60. The van der Waals surface area contributed by atoms with Crippen molar-refractivity contribution in [2.45, 2.75) is 97.5 Å². The van der Waals surface area contributed by atoms with Crippen LogP contribution in [0.1, 0.15) is 111 Å². The average molecular weight is 1190 g/mol. The number of rotatable bonds is 17. The van der Waals surface area contributed by atoms with Crippen LogP contribution >= 0.6 is 23.2 Å². The van der Waals surface area contributed by atoms with E-state index in [1.54, 1.807) is 43.1 Å². The number of aliphatic imine (C=N–C) groups is 1. The Hall–Kier alpha value is -7.09. The number of hydrogen-bond acceptors (Lipinski definition) is 12. The van der Waals surface area contributed by atoms with Gasteiger partial charge in [0, 0.05) is 91.9 Å². The lowest BCUT2D eigenvalue weighted by molar-refractivity contribution is -0.131. The van der Waals surface area contributed by atoms with Crippen LogP contribution in [0.5, 0.6) is 11.5 Å². The molecule has 3 aliphatic rings. The summed E-state index contributed by atoms with van der Waals surface area (Å²) in [5, 5.41) is 6.05. The number of nitrogens with two attached hydrogens (primary N) is 1. The number of ether oxygens (including phenoxy) is 4. The third-order valence-corrected chi connectivity index (χ3v) is 17.1. The monoisotopic (exact) mass is 1190 g/mol. The lowest BCUT2D eigenvalue weighted by atomic mass is 9.71. The summed E-state index contributed by atoms with van der Waals surface area (Å²) in [6.45, 7) is 21.8. The van der Waals surface area contributed by atoms with E-state index in [2.05, 4.69) is 56.6 Å². The number of benzene rings is 4. The molecule has 84 heavy (non-hydrogen) atoms. The molecule has 17 nitrogen and oxygen atoms in total. The fraction of sp³-hybridized carbons (Fsp3) is 0.438. The predicted octanol–water partition coefficient (Wildman–Crippen LogP) is 10.9. The molecule has 6 aromatic rings. The van der Waals surface area contributed by atoms with Crippen molar-refractivity contribution < 1.29 is 37.7 Å². The van der Waals surface area contributed by atoms with Crippen molar-refractivity contribution in [2.75, 3.05) is 92.1 Å². The molecule has 2 aromatic heterocycles. The molecule has 0 aliphatic carbocycles. The summed E-state index contributed by atoms with van der Waals surface area (Å²) in [6, 6.07) is 27.2. The SMILES string of the molecule is CCOc1cc(C(C)(C)C)ccc1C1=N[C@](C)(c2ccc(Cl)cc2)[C@](C)(c2ccc(Cl)cc2)N1C(=O)N1CCN(CCOCCOCCC(=O)N(C)CCn2nc(C)c3c2CN(C)C(=O)c2ccc(F)cc2[C@@H](C)Oc2cc-3cnc2N)CC1. The number of piperazine rings is 1. The Labute approximate surface area is 502 Å². The number of halogens is 3. The summed E-state index contributed by atoms with van der Waals surface area (Å²) in [6.07, 6.45) is 1.11. The number of aryl methyl sites for hydroxylation is 1. The molecule has 5 heterocycles. The Morgan fingerprint density at radius 1 is 0.869 bits per heavy atom. The number of aromatic nitrogens is 3. The highest BCUT2D eigenvalue weighted by molar-refractivity contribution is 6.30. The number of urea groups is 1. The zero-order valence-electron chi connectivity index (χ0n) is 49.8. The van der Waals surface area contributed by atoms with E-state index < -0.39 is 23.0 Å². The van der Waals surface area contributed by atoms with Crippen molar-refractivity contribution in [3.05, 3.63) is 158 Å². The number of fused-ring (bicyclic) bond motifs is 5. The number of anilines is 1. The second-order valence-corrected chi connectivity index (χ2v) is 24.0. The van der Waals surface area contributed by atoms with E-state index in [0.717, 1.165) is 33.5 Å². The molecule has 3 atom stereocenters. The van der Waals surface area contributed by atoms with E-state index in [9.17, 15) is 14.0 Å². The summed E-state index contributed by atoms with van der Waals surface area (Å²) in [5.41, 5.74) is 11.3. The van der Waals surface area contributed by atoms with E-state index >= 15 is 4.79 Å². The van der Waals surface area contributed by atoms with Gasteiger partial charge >= 0.3 is 6.03 Å². The third-order valence-electron chi connectivity index (χ3n) is 16.6. The first-order chi connectivity index (χ1) is 40.0. The van der Waals surface area contributed by atoms with Crippen LogP contribution in [0.3, 0.4) is 0 Å². The van der Waals surface area contributed by atoms with Crippen LogP contribution in [0.15, 0.2) is 102 Å². The number of pyridine rings is 1. The first-order valence-electron chi connectivity index (χ1n) is 28.7. The summed E-state index contributed by atoms with van der Waals surface area (Å²) >= 11 is 13.0. The minimum absolute atomic E-state index is 0.0976. The fourth-order valence-corrected chi connectivity index (χ4v) is 11.7. The summed E-state index contributed by atoms with van der Waals surface area (Å²) in [7, 11) is 3.43. The highest BCUT2D eigenvalue weighted by atomic mass is 35.5. The van der Waals surface area contributed by atoms with E-state index in [4.69, 9.17) is 58.0 Å². The van der Waals surface area contributed by atoms with Gasteiger partial charge in [-0.05, 0) is 117 Å². The van der Waals surface area contributed by atoms with Gasteiger partial charge in [-0.2, -0.15) is 5.10 Å². The van der Waals surface area contributed by atoms with Crippen LogP contribution in [0, 0.1) is 12.7 Å². The van der Waals surface area contributed by atoms with Crippen molar-refractivity contribution in [3.63, 3.8) is 0 Å². The van der Waals surface area contributed by atoms with Crippen molar-refractivity contribution in [3.8, 4) is 22.6 Å². The predicted molar refractivity (Wildman–Crippen MR) is 325 cm³/mol. The van der Waals surface area contributed by atoms with Gasteiger partial charge in [0.25, 0.3) is 5.91 Å². The van der Waals surface area contributed by atoms with Gasteiger partial charge in [0.2, 0.25) is 5.91 Å². The average Bonchev–Trinajstić information content (AvgIpc) is 2.01. The van der Waals surface area contributed by atoms with Gasteiger partial charge in [-0.1, -0.05) is 74.3 Å². The smallest absolute Gasteiger partial charge is 0.326 e. The molecule has 2 N–H and O–H groups in total. The normalized spacial score (nSPS) is 19.2. The maximum atomic E-state index is 15.5. The number of nitrogen functional groups attached to an aromatic ring is 1. The van der Waals surface area contributed by atoms with E-state index in [1.165, 1.54) is 18.2 Å². The molecule has 1 fully saturated rings. The lowest BCUT2D eigenvalue weighted by Gasteiger charge is -2.47. The van der Waals surface area contributed by atoms with Crippen molar-refractivity contribution in [1.29, 1.82) is 0 Å². The van der Waals surface area contributed by atoms with E-state index in [1.807, 2.05) is 82.9 Å². The van der Waals surface area contributed by atoms with Gasteiger partial charge in [-0.3, -0.25) is 29.1 Å². The second-order valence-electron chi connectivity index (χ2n) is 23.1. The van der Waals surface area contributed by atoms with E-state index in [0.29, 0.717) is 122 Å². The number of carbonyl (C=O) groups is 3. The minimum atomic E-state index is -1.04. The van der Waals surface area contributed by atoms with Crippen molar-refractivity contribution in [1.82, 2.24) is 39.3 Å². The Kier molecular flexibility index (Phi) is 18.8. The molecule has 1 saturated heterocycles. The van der Waals surface area contributed by atoms with Crippen LogP contribution in [-0.2, 0) is 43.9 Å². The number of hydrogen-bond donors (Lipinski definition) is 1. The summed E-state index contributed by atoms with van der Waals surface area (Å²) < 4.78 is 40.8. The molecule has 0 saturated carbocycles. The van der Waals surface area contributed by atoms with Crippen LogP contribution in [0.25, 0.3) is 11.1 Å². The van der Waals surface area contributed by atoms with Gasteiger partial charge in [-0.25, -0.2) is 14.2 Å². The zero-order chi connectivity index (χ0) is 60.3. The Morgan fingerprint density at radius 3 is 2.19 bits per heavy atom. The van der Waals surface area contributed by atoms with Gasteiger partial charge in [0.05, 0.1) is 69.5 Å². The lowest BCUT2D eigenvalue weighted by Crippen LogP contribution is -2.60. The first kappa shape index (κ1) is 61.5. The van der Waals surface area contributed by atoms with Crippen LogP contribution in [0.2, 0.25) is 10.0 Å². The van der Waals surface area contributed by atoms with Gasteiger partial charge in [-0.15, -0.1) is 0 Å². The second kappa shape index (κ2) is 25.6. The molecule has 3 aliphatic heterocycles. The molecule has 0 radical (unpaired) electrons. The molecule has 2 bridgehead atoms. The Morgan fingerprint density at radius 2 is 1.52 bits per heavy atom. The number of amidine groups is 1. The third kappa shape index (κ3) is 12.8. The van der Waals surface area contributed by atoms with Crippen LogP contribution in [0.4, 0.5) is 15.0 Å². The maximum Gasteiger partial charge on any atom is 0.326 e. The highest BCUT2D eigenvalue weighted by Crippen LogP contribution is 2.54. The van der Waals surface area contributed by atoms with Gasteiger partial charge < -0.3 is 39.4 Å². The first-order valence-corrected chi connectivity index (χ1v) is 29.4. The van der Waals surface area contributed by atoms with E-state index in [-0.39, 0.29) is 48.7 Å². The van der Waals surface area contributed by atoms with Crippen LogP contribution in [-0.4, -0.2) is 149 Å². The molecule has 4 aromatic carbocycles. The molecule has 9 rings (SSSR count). The molecule has 4 amide bonds. The standard InChI is InChI=1S/C64H77Cl2FN10O7/c1-11-83-54-37-46(62(4,5)6)16-22-51(54)59-70-63(7,44-12-17-47(65)18-13-44)64(8,45-14-19-48(66)20-15-45)77(59)61(80)75-28-26-74(27-29-75)31-33-82-35-34-81-32-24-56(78)72(9)25-30-76-53-40-73(10)60(79)50-23-21-49(67)38-52(50)42(3)84-55-36-43(39-69-58(55)68)57(53)41(2)71-76/h12-23,36-39,42H,11,24-35,40H2,1-10H3,(H2,68,69)/t42-,63-,64+/m1/s1. The number of nitrogens with zero attached hydrogens (tertiary/aromatic N) is 9. The molecular weight excluding hydrogens is 1110 g/mol. The molecule has 446 valence electrons. The molecular formula is C64H77Cl2FN10O7. The quantitative estimate of drug-likeness (QED) is 0.0861. The van der Waals surface area contributed by atoms with Gasteiger partial charge in [0.15, 0.2) is 11.6 Å². The van der Waals surface area contributed by atoms with Crippen molar-refractivity contribution >= 4 is 52.7 Å². The number of likely N-dealkylation sites (N-methyl/N-ethyl adjacent to an activating group) is 1. The zero-order valence-corrected chi connectivity index (χ0v) is 51.3. The van der Waals surface area contributed by atoms with Crippen LogP contribution < -0.4 is 15.2 Å². The largest absolute Gasteiger partial charge is 0.493 e. The van der Waals surface area contributed by atoms with Gasteiger partial charge in [0.1, 0.15) is 34.6 Å². The fourth-order valence-electron chi connectivity index (χ4n) is 11.4. The summed E-state index contributed by atoms with van der Waals surface area (Å²) in [5.74, 6) is 0.730. The topological polar surface area (TPSA) is 173 Å². The summed E-state index contributed by atoms with van der Waals surface area (Å²) in [4.78, 5) is 62.2.